The van der Waals surface area contributed by atoms with Crippen LogP contribution in [0.2, 0.25) is 0 Å². The summed E-state index contributed by atoms with van der Waals surface area (Å²) in [6.45, 7) is 4.48. The van der Waals surface area contributed by atoms with Gasteiger partial charge in [0.15, 0.2) is 0 Å². The van der Waals surface area contributed by atoms with Crippen LogP contribution in [-0.4, -0.2) is 23.5 Å². The van der Waals surface area contributed by atoms with Crippen molar-refractivity contribution in [2.75, 3.05) is 6.61 Å². The van der Waals surface area contributed by atoms with Gasteiger partial charge >= 0.3 is 0 Å². The van der Waals surface area contributed by atoms with Crippen molar-refractivity contribution in [3.63, 3.8) is 0 Å². The summed E-state index contributed by atoms with van der Waals surface area (Å²) >= 11 is 0. The normalized spacial score (nSPS) is 18.7. The Morgan fingerprint density at radius 1 is 1.14 bits per heavy atom. The summed E-state index contributed by atoms with van der Waals surface area (Å²) in [7, 11) is 0. The molecule has 0 spiro atoms. The lowest BCUT2D eigenvalue weighted by Gasteiger charge is -2.22. The third-order valence-corrected chi connectivity index (χ3v) is 5.78. The highest BCUT2D eigenvalue weighted by Gasteiger charge is 2.30. The van der Waals surface area contributed by atoms with Crippen LogP contribution in [0.3, 0.4) is 0 Å². The van der Waals surface area contributed by atoms with E-state index in [9.17, 15) is 4.79 Å². The van der Waals surface area contributed by atoms with E-state index in [2.05, 4.69) is 29.6 Å². The maximum atomic E-state index is 13.0. The van der Waals surface area contributed by atoms with Crippen molar-refractivity contribution in [1.82, 2.24) is 10.3 Å². The average molecular weight is 389 g/mol. The molecule has 1 amide bonds. The number of amides is 1. The second-order valence-corrected chi connectivity index (χ2v) is 7.90. The maximum absolute atomic E-state index is 13.0. The number of carbonyl (C=O) groups is 1. The van der Waals surface area contributed by atoms with Crippen LogP contribution in [-0.2, 0) is 6.42 Å². The molecule has 1 saturated carbocycles. The first-order valence-electron chi connectivity index (χ1n) is 10.5. The van der Waals surface area contributed by atoms with Gasteiger partial charge in [0.1, 0.15) is 5.75 Å². The number of para-hydroxylation sites is 1. The molecule has 1 N–H and O–H groups in total. The first-order valence-corrected chi connectivity index (χ1v) is 10.5. The number of nitrogens with one attached hydrogen (secondary N) is 1. The topological polar surface area (TPSA) is 51.2 Å². The second-order valence-electron chi connectivity index (χ2n) is 7.90. The molecular formula is C25H28N2O2. The van der Waals surface area contributed by atoms with E-state index in [-0.39, 0.29) is 11.9 Å². The maximum Gasteiger partial charge on any atom is 0.255 e. The molecular weight excluding hydrogens is 360 g/mol. The fourth-order valence-corrected chi connectivity index (χ4v) is 4.31. The van der Waals surface area contributed by atoms with Gasteiger partial charge in [-0.05, 0) is 63.3 Å². The highest BCUT2D eigenvalue weighted by atomic mass is 16.5. The van der Waals surface area contributed by atoms with E-state index < -0.39 is 0 Å². The van der Waals surface area contributed by atoms with Crippen molar-refractivity contribution >= 4 is 16.8 Å². The van der Waals surface area contributed by atoms with E-state index in [1.165, 1.54) is 0 Å². The predicted molar refractivity (Wildman–Crippen MR) is 116 cm³/mol. The van der Waals surface area contributed by atoms with E-state index in [0.717, 1.165) is 47.8 Å². The fourth-order valence-electron chi connectivity index (χ4n) is 4.31. The van der Waals surface area contributed by atoms with Gasteiger partial charge in [-0.25, -0.2) is 0 Å². The van der Waals surface area contributed by atoms with Gasteiger partial charge < -0.3 is 10.1 Å². The zero-order chi connectivity index (χ0) is 20.2. The Morgan fingerprint density at radius 2 is 2.00 bits per heavy atom. The van der Waals surface area contributed by atoms with Crippen LogP contribution in [0.5, 0.6) is 5.75 Å². The third kappa shape index (κ3) is 4.42. The molecule has 4 rings (SSSR count). The van der Waals surface area contributed by atoms with Crippen LogP contribution in [0.15, 0.2) is 54.6 Å². The molecule has 0 saturated heterocycles. The smallest absolute Gasteiger partial charge is 0.255 e. The summed E-state index contributed by atoms with van der Waals surface area (Å²) in [5.74, 6) is 1.02. The molecule has 1 aromatic heterocycles. The first kappa shape index (κ1) is 19.4. The number of hydrogen-bond donors (Lipinski definition) is 1. The monoisotopic (exact) mass is 388 g/mol. The SMILES string of the molecule is CCOc1ccc(C)cc1C(=O)N[C@@H]1CCC[C@@H]1Cc1ccc2ccccc2n1. The van der Waals surface area contributed by atoms with Crippen molar-refractivity contribution in [3.8, 4) is 5.75 Å². The molecule has 29 heavy (non-hydrogen) atoms. The van der Waals surface area contributed by atoms with E-state index >= 15 is 0 Å². The van der Waals surface area contributed by atoms with Gasteiger partial charge in [0.2, 0.25) is 0 Å². The fraction of sp³-hybridized carbons (Fsp3) is 0.360. The van der Waals surface area contributed by atoms with Crippen LogP contribution in [0, 0.1) is 12.8 Å². The highest BCUT2D eigenvalue weighted by Crippen LogP contribution is 2.30. The minimum atomic E-state index is -0.0412. The Bertz CT molecular complexity index is 1010. The van der Waals surface area contributed by atoms with Crippen LogP contribution in [0.4, 0.5) is 0 Å². The Balaban J connectivity index is 1.48. The number of benzene rings is 2. The minimum Gasteiger partial charge on any atom is -0.493 e. The standard InChI is InChI=1S/C25H28N2O2/c1-3-29-24-14-11-17(2)15-21(24)25(28)27-23-10-6-8-19(23)16-20-13-12-18-7-4-5-9-22(18)26-20/h4-5,7,9,11-15,19,23H,3,6,8,10,16H2,1-2H3,(H,27,28)/t19-,23-/m1/s1. The molecule has 1 aliphatic rings. The highest BCUT2D eigenvalue weighted by molar-refractivity contribution is 5.97. The number of nitrogens with zero attached hydrogens (tertiary/aromatic N) is 1. The molecule has 150 valence electrons. The van der Waals surface area contributed by atoms with Gasteiger partial charge in [-0.15, -0.1) is 0 Å². The predicted octanol–water partition coefficient (Wildman–Crippen LogP) is 5.08. The largest absolute Gasteiger partial charge is 0.493 e. The van der Waals surface area contributed by atoms with Crippen molar-refractivity contribution in [2.24, 2.45) is 5.92 Å². The number of hydrogen-bond acceptors (Lipinski definition) is 3. The van der Waals surface area contributed by atoms with Crippen molar-refractivity contribution in [2.45, 2.75) is 45.6 Å². The molecule has 0 aliphatic heterocycles. The quantitative estimate of drug-likeness (QED) is 0.640. The molecule has 1 fully saturated rings. The second kappa shape index (κ2) is 8.64. The lowest BCUT2D eigenvalue weighted by atomic mass is 9.96. The van der Waals surface area contributed by atoms with Crippen molar-refractivity contribution in [3.05, 3.63) is 71.4 Å². The van der Waals surface area contributed by atoms with E-state index in [0.29, 0.717) is 23.8 Å². The van der Waals surface area contributed by atoms with Crippen molar-refractivity contribution < 1.29 is 9.53 Å². The van der Waals surface area contributed by atoms with Gasteiger partial charge in [-0.3, -0.25) is 9.78 Å². The number of pyridine rings is 1. The van der Waals surface area contributed by atoms with Gasteiger partial charge in [-0.1, -0.05) is 42.3 Å². The first-order chi connectivity index (χ1) is 14.1. The molecule has 2 atom stereocenters. The molecule has 4 heteroatoms. The van der Waals surface area contributed by atoms with Gasteiger partial charge in [-0.2, -0.15) is 0 Å². The van der Waals surface area contributed by atoms with Crippen LogP contribution < -0.4 is 10.1 Å². The summed E-state index contributed by atoms with van der Waals surface area (Å²) in [6.07, 6.45) is 4.16. The van der Waals surface area contributed by atoms with Crippen molar-refractivity contribution in [1.29, 1.82) is 0 Å². The zero-order valence-corrected chi connectivity index (χ0v) is 17.2. The Kier molecular flexibility index (Phi) is 5.79. The van der Waals surface area contributed by atoms with Crippen LogP contribution in [0.25, 0.3) is 10.9 Å². The Morgan fingerprint density at radius 3 is 2.86 bits per heavy atom. The number of fused-ring (bicyclic) bond motifs is 1. The summed E-state index contributed by atoms with van der Waals surface area (Å²) in [4.78, 5) is 17.8. The Hall–Kier alpha value is -2.88. The molecule has 2 aromatic carbocycles. The van der Waals surface area contributed by atoms with Crippen LogP contribution in [0.1, 0.15) is 47.8 Å². The van der Waals surface area contributed by atoms with Gasteiger partial charge in [0.25, 0.3) is 5.91 Å². The molecule has 0 bridgehead atoms. The summed E-state index contributed by atoms with van der Waals surface area (Å²) < 4.78 is 5.67. The number of aromatic nitrogens is 1. The van der Waals surface area contributed by atoms with E-state index in [1.54, 1.807) is 0 Å². The zero-order valence-electron chi connectivity index (χ0n) is 17.2. The molecule has 0 radical (unpaired) electrons. The van der Waals surface area contributed by atoms with E-state index in [4.69, 9.17) is 9.72 Å². The molecule has 1 aliphatic carbocycles. The number of aryl methyl sites for hydroxylation is 1. The summed E-state index contributed by atoms with van der Waals surface area (Å²) in [5.41, 5.74) is 3.81. The lowest BCUT2D eigenvalue weighted by Crippen LogP contribution is -2.38. The lowest BCUT2D eigenvalue weighted by molar-refractivity contribution is 0.0923. The number of carbonyl (C=O) groups excluding carboxylic acids is 1. The number of rotatable bonds is 6. The Labute approximate surface area is 172 Å². The third-order valence-electron chi connectivity index (χ3n) is 5.78. The minimum absolute atomic E-state index is 0.0412. The number of ether oxygens (including phenoxy) is 1. The summed E-state index contributed by atoms with van der Waals surface area (Å²) in [6, 6.07) is 18.4. The molecule has 1 heterocycles. The molecule has 0 unspecified atom stereocenters. The van der Waals surface area contributed by atoms with E-state index in [1.807, 2.05) is 44.2 Å². The summed E-state index contributed by atoms with van der Waals surface area (Å²) in [5, 5.41) is 4.44. The van der Waals surface area contributed by atoms with Gasteiger partial charge in [0.05, 0.1) is 17.7 Å². The molecule has 3 aromatic rings. The average Bonchev–Trinajstić information content (AvgIpc) is 3.16. The van der Waals surface area contributed by atoms with Gasteiger partial charge in [0, 0.05) is 17.1 Å². The van der Waals surface area contributed by atoms with Crippen LogP contribution >= 0.6 is 0 Å². The molecule has 4 nitrogen and oxygen atoms in total.